The molecule has 0 aromatic heterocycles. The second-order valence-electron chi connectivity index (χ2n) is 4.81. The molecule has 1 aliphatic heterocycles. The van der Waals surface area contributed by atoms with E-state index in [0.717, 1.165) is 0 Å². The van der Waals surface area contributed by atoms with Crippen molar-refractivity contribution in [2.75, 3.05) is 32.8 Å². The first-order valence-electron chi connectivity index (χ1n) is 6.37. The van der Waals surface area contributed by atoms with E-state index in [-0.39, 0.29) is 28.7 Å². The summed E-state index contributed by atoms with van der Waals surface area (Å²) in [6, 6.07) is 2.66. The molecule has 0 saturated carbocycles. The molecular formula is C13H18Cl2F2N2O2. The Labute approximate surface area is 133 Å². The average molecular weight is 343 g/mol. The van der Waals surface area contributed by atoms with Crippen LogP contribution in [0.25, 0.3) is 0 Å². The van der Waals surface area contributed by atoms with Crippen molar-refractivity contribution in [3.05, 3.63) is 28.8 Å². The quantitative estimate of drug-likeness (QED) is 0.783. The molecule has 1 atom stereocenters. The van der Waals surface area contributed by atoms with Crippen LogP contribution in [0.3, 0.4) is 0 Å². The van der Waals surface area contributed by atoms with Crippen LogP contribution in [0.4, 0.5) is 8.78 Å². The second kappa shape index (κ2) is 7.56. The van der Waals surface area contributed by atoms with Gasteiger partial charge >= 0.3 is 0 Å². The maximum Gasteiger partial charge on any atom is 0.290 e. The zero-order chi connectivity index (χ0) is 14.8. The summed E-state index contributed by atoms with van der Waals surface area (Å²) < 4.78 is 28.3. The fraction of sp³-hybridized carbons (Fsp3) is 0.538. The highest BCUT2D eigenvalue weighted by molar-refractivity contribution is 6.30. The van der Waals surface area contributed by atoms with E-state index in [4.69, 9.17) is 16.7 Å². The highest BCUT2D eigenvalue weighted by atomic mass is 35.5. The van der Waals surface area contributed by atoms with Gasteiger partial charge in [0.2, 0.25) is 0 Å². The molecule has 4 nitrogen and oxygen atoms in total. The van der Waals surface area contributed by atoms with E-state index in [9.17, 15) is 13.9 Å². The van der Waals surface area contributed by atoms with Gasteiger partial charge < -0.3 is 15.5 Å². The molecule has 0 spiro atoms. The van der Waals surface area contributed by atoms with Gasteiger partial charge in [0.1, 0.15) is 18.4 Å². The molecule has 1 aliphatic rings. The van der Waals surface area contributed by atoms with Crippen molar-refractivity contribution < 1.29 is 19.0 Å². The topological polar surface area (TPSA) is 55.7 Å². The second-order valence-corrected chi connectivity index (χ2v) is 5.25. The minimum Gasteiger partial charge on any atom is -0.508 e. The summed E-state index contributed by atoms with van der Waals surface area (Å²) in [7, 11) is 0. The summed E-state index contributed by atoms with van der Waals surface area (Å²) in [5.74, 6) is -3.61. The molecule has 0 bridgehead atoms. The molecule has 8 heteroatoms. The van der Waals surface area contributed by atoms with Crippen LogP contribution in [0.5, 0.6) is 5.75 Å². The normalized spacial score (nSPS) is 18.1. The third-order valence-electron chi connectivity index (χ3n) is 3.41. The summed E-state index contributed by atoms with van der Waals surface area (Å²) in [5, 5.41) is 22.2. The number of aliphatic hydroxyl groups excluding tert-OH is 1. The van der Waals surface area contributed by atoms with Gasteiger partial charge in [-0.05, 0) is 18.2 Å². The van der Waals surface area contributed by atoms with Crippen molar-refractivity contribution in [3.8, 4) is 5.75 Å². The van der Waals surface area contributed by atoms with Crippen LogP contribution in [0.15, 0.2) is 18.2 Å². The number of phenols is 1. The highest BCUT2D eigenvalue weighted by Crippen LogP contribution is 2.41. The number of nitrogens with one attached hydrogen (secondary N) is 1. The lowest BCUT2D eigenvalue weighted by Gasteiger charge is -2.39. The van der Waals surface area contributed by atoms with Crippen LogP contribution < -0.4 is 5.32 Å². The molecule has 0 unspecified atom stereocenters. The predicted octanol–water partition coefficient (Wildman–Crippen LogP) is 2.04. The number of rotatable bonds is 4. The number of alkyl halides is 2. The Hall–Kier alpha value is -0.660. The van der Waals surface area contributed by atoms with Crippen LogP contribution in [0.2, 0.25) is 5.02 Å². The molecule has 1 heterocycles. The number of nitrogens with zero attached hydrogens (tertiary/aromatic N) is 1. The molecule has 21 heavy (non-hydrogen) atoms. The van der Waals surface area contributed by atoms with Gasteiger partial charge in [-0.3, -0.25) is 4.90 Å². The van der Waals surface area contributed by atoms with Crippen molar-refractivity contribution in [2.45, 2.75) is 12.0 Å². The van der Waals surface area contributed by atoms with Crippen LogP contribution in [-0.2, 0) is 0 Å². The molecule has 1 fully saturated rings. The minimum atomic E-state index is -3.36. The molecule has 1 aromatic rings. The average Bonchev–Trinajstić information content (AvgIpc) is 2.44. The minimum absolute atomic E-state index is 0. The van der Waals surface area contributed by atoms with Crippen LogP contribution in [0, 0.1) is 0 Å². The zero-order valence-electron chi connectivity index (χ0n) is 11.2. The number of hydrogen-bond donors (Lipinski definition) is 3. The van der Waals surface area contributed by atoms with E-state index in [1.165, 1.54) is 18.2 Å². The number of piperazine rings is 1. The maximum absolute atomic E-state index is 14.1. The smallest absolute Gasteiger partial charge is 0.290 e. The van der Waals surface area contributed by atoms with E-state index in [2.05, 4.69) is 5.32 Å². The van der Waals surface area contributed by atoms with Crippen molar-refractivity contribution in [3.63, 3.8) is 0 Å². The van der Waals surface area contributed by atoms with Crippen molar-refractivity contribution in [2.24, 2.45) is 0 Å². The van der Waals surface area contributed by atoms with Gasteiger partial charge in [-0.1, -0.05) is 11.6 Å². The number of aromatic hydroxyl groups is 1. The third kappa shape index (κ3) is 4.17. The lowest BCUT2D eigenvalue weighted by atomic mass is 9.97. The molecule has 0 amide bonds. The summed E-state index contributed by atoms with van der Waals surface area (Å²) >= 11 is 5.84. The standard InChI is InChI=1S/C13H17ClF2N2O2.ClH/c14-9-1-2-11(20)10(7-9)12(13(15,16)8-19)18-5-3-17-4-6-18;/h1-2,7,12,17,19-20H,3-6,8H2;1H/t12-;/m0./s1. The Kier molecular flexibility index (Phi) is 6.62. The Bertz CT molecular complexity index is 471. The number of aliphatic hydroxyl groups is 1. The fourth-order valence-corrected chi connectivity index (χ4v) is 2.64. The van der Waals surface area contributed by atoms with Crippen molar-refractivity contribution in [1.82, 2.24) is 10.2 Å². The lowest BCUT2D eigenvalue weighted by molar-refractivity contribution is -0.119. The number of benzene rings is 1. The van der Waals surface area contributed by atoms with Gasteiger partial charge in [-0.15, -0.1) is 12.4 Å². The molecule has 3 N–H and O–H groups in total. The number of phenolic OH excluding ortho intramolecular Hbond substituents is 1. The SMILES string of the molecule is Cl.OCC(F)(F)[C@H](c1cc(Cl)ccc1O)N1CCNCC1. The molecule has 120 valence electrons. The summed E-state index contributed by atoms with van der Waals surface area (Å²) in [6.07, 6.45) is 0. The Balaban J connectivity index is 0.00000220. The van der Waals surface area contributed by atoms with E-state index < -0.39 is 18.6 Å². The number of hydrogen-bond acceptors (Lipinski definition) is 4. The van der Waals surface area contributed by atoms with Gasteiger partial charge in [-0.2, -0.15) is 0 Å². The largest absolute Gasteiger partial charge is 0.508 e. The molecule has 0 aliphatic carbocycles. The summed E-state index contributed by atoms with van der Waals surface area (Å²) in [6.45, 7) is 0.699. The van der Waals surface area contributed by atoms with E-state index in [1.54, 1.807) is 4.90 Å². The van der Waals surface area contributed by atoms with Gasteiger partial charge in [-0.25, -0.2) is 8.78 Å². The van der Waals surface area contributed by atoms with Crippen LogP contribution in [-0.4, -0.2) is 53.8 Å². The van der Waals surface area contributed by atoms with Crippen LogP contribution >= 0.6 is 24.0 Å². The van der Waals surface area contributed by atoms with Gasteiger partial charge in [0.25, 0.3) is 5.92 Å². The van der Waals surface area contributed by atoms with Gasteiger partial charge in [0, 0.05) is 36.8 Å². The highest BCUT2D eigenvalue weighted by Gasteiger charge is 2.45. The van der Waals surface area contributed by atoms with Gasteiger partial charge in [0.15, 0.2) is 0 Å². The molecular weight excluding hydrogens is 325 g/mol. The Morgan fingerprint density at radius 1 is 1.33 bits per heavy atom. The predicted molar refractivity (Wildman–Crippen MR) is 79.6 cm³/mol. The first kappa shape index (κ1) is 18.4. The monoisotopic (exact) mass is 342 g/mol. The Morgan fingerprint density at radius 3 is 2.52 bits per heavy atom. The fourth-order valence-electron chi connectivity index (χ4n) is 2.46. The Morgan fingerprint density at radius 2 is 1.95 bits per heavy atom. The van der Waals surface area contributed by atoms with Crippen molar-refractivity contribution in [1.29, 1.82) is 0 Å². The maximum atomic E-state index is 14.1. The molecule has 2 rings (SSSR count). The first-order chi connectivity index (χ1) is 9.45. The van der Waals surface area contributed by atoms with E-state index >= 15 is 0 Å². The van der Waals surface area contributed by atoms with Crippen molar-refractivity contribution >= 4 is 24.0 Å². The van der Waals surface area contributed by atoms with E-state index in [0.29, 0.717) is 26.2 Å². The van der Waals surface area contributed by atoms with Crippen LogP contribution in [0.1, 0.15) is 11.6 Å². The first-order valence-corrected chi connectivity index (χ1v) is 6.75. The molecule has 1 saturated heterocycles. The third-order valence-corrected chi connectivity index (χ3v) is 3.65. The summed E-state index contributed by atoms with van der Waals surface area (Å²) in [5.41, 5.74) is 0.0402. The van der Waals surface area contributed by atoms with Gasteiger partial charge in [0.05, 0.1) is 0 Å². The lowest BCUT2D eigenvalue weighted by Crippen LogP contribution is -2.51. The zero-order valence-corrected chi connectivity index (χ0v) is 12.8. The number of halogens is 4. The molecule has 0 radical (unpaired) electrons. The van der Waals surface area contributed by atoms with E-state index in [1.807, 2.05) is 0 Å². The molecule has 1 aromatic carbocycles. The summed E-state index contributed by atoms with van der Waals surface area (Å²) in [4.78, 5) is 1.55.